The average molecular weight is 302 g/mol. The molecule has 1 unspecified atom stereocenters. The predicted molar refractivity (Wildman–Crippen MR) is 83.0 cm³/mol. The minimum atomic E-state index is -3.48. The van der Waals surface area contributed by atoms with Crippen molar-refractivity contribution in [2.75, 3.05) is 17.7 Å². The molecular weight excluding hydrogens is 280 g/mol. The molecule has 0 fully saturated rings. The number of anilines is 1. The fraction of sp³-hybridized carbons (Fsp3) is 0.538. The summed E-state index contributed by atoms with van der Waals surface area (Å²) in [6, 6.07) is 4.88. The van der Waals surface area contributed by atoms with Crippen LogP contribution in [-0.2, 0) is 16.4 Å². The van der Waals surface area contributed by atoms with Gasteiger partial charge in [-0.25, -0.2) is 13.1 Å². The molecule has 0 aromatic heterocycles. The van der Waals surface area contributed by atoms with Crippen LogP contribution >= 0.6 is 11.8 Å². The molecule has 6 heteroatoms. The summed E-state index contributed by atoms with van der Waals surface area (Å²) < 4.78 is 27.2. The highest BCUT2D eigenvalue weighted by atomic mass is 32.2. The van der Waals surface area contributed by atoms with Crippen LogP contribution in [0, 0.1) is 0 Å². The molecule has 3 N–H and O–H groups in total. The summed E-state index contributed by atoms with van der Waals surface area (Å²) in [5, 5.41) is 0. The molecule has 0 aliphatic carbocycles. The quantitative estimate of drug-likeness (QED) is 0.758. The first-order valence-electron chi connectivity index (χ1n) is 6.34. The molecule has 0 aliphatic rings. The van der Waals surface area contributed by atoms with Gasteiger partial charge < -0.3 is 5.73 Å². The largest absolute Gasteiger partial charge is 0.398 e. The van der Waals surface area contributed by atoms with E-state index in [-0.39, 0.29) is 10.9 Å². The molecule has 0 bridgehead atoms. The number of thioether (sulfide) groups is 1. The van der Waals surface area contributed by atoms with Gasteiger partial charge in [0.25, 0.3) is 0 Å². The Hall–Kier alpha value is -0.720. The normalized spacial score (nSPS) is 13.4. The van der Waals surface area contributed by atoms with E-state index in [0.717, 1.165) is 24.2 Å². The van der Waals surface area contributed by atoms with E-state index in [1.165, 1.54) is 6.07 Å². The lowest BCUT2D eigenvalue weighted by molar-refractivity contribution is 0.558. The highest BCUT2D eigenvalue weighted by Gasteiger charge is 2.19. The van der Waals surface area contributed by atoms with Gasteiger partial charge in [-0.3, -0.25) is 0 Å². The fourth-order valence-corrected chi connectivity index (χ4v) is 3.97. The Balaban J connectivity index is 2.96. The van der Waals surface area contributed by atoms with Crippen LogP contribution < -0.4 is 10.5 Å². The summed E-state index contributed by atoms with van der Waals surface area (Å²) in [6.45, 7) is 3.96. The molecule has 0 aliphatic heterocycles. The second kappa shape index (κ2) is 7.17. The molecule has 4 nitrogen and oxygen atoms in total. The number of benzene rings is 1. The van der Waals surface area contributed by atoms with E-state index in [4.69, 9.17) is 5.73 Å². The van der Waals surface area contributed by atoms with Gasteiger partial charge in [-0.2, -0.15) is 11.8 Å². The summed E-state index contributed by atoms with van der Waals surface area (Å²) in [6.07, 6.45) is 3.53. The second-order valence-corrected chi connectivity index (χ2v) is 7.02. The topological polar surface area (TPSA) is 72.2 Å². The first-order chi connectivity index (χ1) is 8.94. The van der Waals surface area contributed by atoms with Gasteiger partial charge in [-0.1, -0.05) is 19.9 Å². The first kappa shape index (κ1) is 16.3. The number of nitrogens with two attached hydrogens (primary N) is 1. The maximum atomic E-state index is 12.3. The summed E-state index contributed by atoms with van der Waals surface area (Å²) in [5.74, 6) is 0.762. The third kappa shape index (κ3) is 4.40. The van der Waals surface area contributed by atoms with Crippen LogP contribution in [0.3, 0.4) is 0 Å². The number of nitrogens with one attached hydrogen (secondary N) is 1. The van der Waals surface area contributed by atoms with Gasteiger partial charge in [0.1, 0.15) is 0 Å². The van der Waals surface area contributed by atoms with Crippen molar-refractivity contribution < 1.29 is 8.42 Å². The van der Waals surface area contributed by atoms with Crippen molar-refractivity contribution in [1.82, 2.24) is 4.72 Å². The molecule has 0 saturated heterocycles. The molecule has 1 aromatic carbocycles. The van der Waals surface area contributed by atoms with E-state index in [2.05, 4.69) is 4.72 Å². The molecule has 19 heavy (non-hydrogen) atoms. The molecule has 0 saturated carbocycles. The third-order valence-corrected chi connectivity index (χ3v) is 5.24. The van der Waals surface area contributed by atoms with Gasteiger partial charge in [0.05, 0.1) is 4.90 Å². The van der Waals surface area contributed by atoms with Crippen LogP contribution in [0.1, 0.15) is 25.8 Å². The molecule has 0 radical (unpaired) electrons. The monoisotopic (exact) mass is 302 g/mol. The summed E-state index contributed by atoms with van der Waals surface area (Å²) in [5.41, 5.74) is 7.35. The number of hydrogen-bond acceptors (Lipinski definition) is 4. The van der Waals surface area contributed by atoms with E-state index >= 15 is 0 Å². The van der Waals surface area contributed by atoms with Crippen LogP contribution in [0.2, 0.25) is 0 Å². The van der Waals surface area contributed by atoms with Crippen LogP contribution in [0.25, 0.3) is 0 Å². The maximum Gasteiger partial charge on any atom is 0.240 e. The fourth-order valence-electron chi connectivity index (χ4n) is 1.79. The van der Waals surface area contributed by atoms with Crippen LogP contribution in [0.15, 0.2) is 23.1 Å². The summed E-state index contributed by atoms with van der Waals surface area (Å²) in [4.78, 5) is 0.238. The lowest BCUT2D eigenvalue weighted by Gasteiger charge is -2.16. The van der Waals surface area contributed by atoms with Crippen molar-refractivity contribution in [3.8, 4) is 0 Å². The van der Waals surface area contributed by atoms with Crippen molar-refractivity contribution in [2.24, 2.45) is 0 Å². The number of sulfonamides is 1. The van der Waals surface area contributed by atoms with E-state index < -0.39 is 10.0 Å². The predicted octanol–water partition coefficient (Wildman–Crippen LogP) is 2.25. The first-order valence-corrected chi connectivity index (χ1v) is 9.22. The molecular formula is C13H22N2O2S2. The molecule has 108 valence electrons. The van der Waals surface area contributed by atoms with Gasteiger partial charge in [0, 0.05) is 17.5 Å². The zero-order valence-electron chi connectivity index (χ0n) is 11.6. The van der Waals surface area contributed by atoms with E-state index in [9.17, 15) is 8.42 Å². The van der Waals surface area contributed by atoms with Gasteiger partial charge in [0.2, 0.25) is 10.0 Å². The van der Waals surface area contributed by atoms with Gasteiger partial charge in [-0.15, -0.1) is 0 Å². The van der Waals surface area contributed by atoms with Crippen LogP contribution in [0.4, 0.5) is 5.69 Å². The smallest absolute Gasteiger partial charge is 0.240 e. The van der Waals surface area contributed by atoms with Crippen molar-refractivity contribution >= 4 is 27.5 Å². The minimum Gasteiger partial charge on any atom is -0.398 e. The van der Waals surface area contributed by atoms with Crippen molar-refractivity contribution in [3.05, 3.63) is 23.8 Å². The Labute approximate surface area is 120 Å². The molecule has 1 rings (SSSR count). The zero-order valence-corrected chi connectivity index (χ0v) is 13.3. The summed E-state index contributed by atoms with van der Waals surface area (Å²) in [7, 11) is -3.48. The zero-order chi connectivity index (χ0) is 14.5. The Bertz CT molecular complexity index is 515. The number of aryl methyl sites for hydroxylation is 1. The highest BCUT2D eigenvalue weighted by molar-refractivity contribution is 7.98. The lowest BCUT2D eigenvalue weighted by atomic mass is 10.1. The average Bonchev–Trinajstić information content (AvgIpc) is 2.37. The maximum absolute atomic E-state index is 12.3. The minimum absolute atomic E-state index is 0.0490. The second-order valence-electron chi connectivity index (χ2n) is 4.40. The van der Waals surface area contributed by atoms with E-state index in [0.29, 0.717) is 5.69 Å². The van der Waals surface area contributed by atoms with Gasteiger partial charge >= 0.3 is 0 Å². The molecule has 1 atom stereocenters. The molecule has 1 aromatic rings. The van der Waals surface area contributed by atoms with E-state index in [1.807, 2.05) is 20.1 Å². The molecule has 0 spiro atoms. The SMILES string of the molecule is CCc1ccc(S(=O)(=O)NC(CC)CSC)cc1N. The van der Waals surface area contributed by atoms with Crippen LogP contribution in [-0.4, -0.2) is 26.5 Å². The summed E-state index contributed by atoms with van der Waals surface area (Å²) >= 11 is 1.63. The number of rotatable bonds is 7. The standard InChI is InChI=1S/C13H22N2O2S2/c1-4-10-6-7-12(8-13(10)14)19(16,17)15-11(5-2)9-18-3/h6-8,11,15H,4-5,9,14H2,1-3H3. The Kier molecular flexibility index (Phi) is 6.16. The van der Waals surface area contributed by atoms with Crippen molar-refractivity contribution in [3.63, 3.8) is 0 Å². The highest BCUT2D eigenvalue weighted by Crippen LogP contribution is 2.19. The number of nitrogen functional groups attached to an aromatic ring is 1. The van der Waals surface area contributed by atoms with Gasteiger partial charge in [-0.05, 0) is 36.8 Å². The third-order valence-electron chi connectivity index (χ3n) is 2.99. The Morgan fingerprint density at radius 1 is 1.37 bits per heavy atom. The van der Waals surface area contributed by atoms with E-state index in [1.54, 1.807) is 23.9 Å². The Morgan fingerprint density at radius 2 is 2.05 bits per heavy atom. The van der Waals surface area contributed by atoms with Crippen LogP contribution in [0.5, 0.6) is 0 Å². The van der Waals surface area contributed by atoms with Crippen molar-refractivity contribution in [2.45, 2.75) is 37.6 Å². The van der Waals surface area contributed by atoms with Gasteiger partial charge in [0.15, 0.2) is 0 Å². The molecule has 0 heterocycles. The van der Waals surface area contributed by atoms with Crippen molar-refractivity contribution in [1.29, 1.82) is 0 Å². The lowest BCUT2D eigenvalue weighted by Crippen LogP contribution is -2.36. The number of hydrogen-bond donors (Lipinski definition) is 2. The molecule has 0 amide bonds. The Morgan fingerprint density at radius 3 is 2.53 bits per heavy atom.